The lowest BCUT2D eigenvalue weighted by Crippen LogP contribution is -2.11. The van der Waals surface area contributed by atoms with Crippen LogP contribution in [0.5, 0.6) is 0 Å². The summed E-state index contributed by atoms with van der Waals surface area (Å²) in [5.41, 5.74) is 2.31. The van der Waals surface area contributed by atoms with E-state index in [2.05, 4.69) is 32.2 Å². The summed E-state index contributed by atoms with van der Waals surface area (Å²) >= 11 is 5.01. The topological polar surface area (TPSA) is 57.4 Å². The van der Waals surface area contributed by atoms with Crippen molar-refractivity contribution in [1.29, 1.82) is 0 Å². The fourth-order valence-electron chi connectivity index (χ4n) is 2.45. The van der Waals surface area contributed by atoms with Crippen LogP contribution in [0.1, 0.15) is 17.0 Å². The van der Waals surface area contributed by atoms with Crippen molar-refractivity contribution in [3.05, 3.63) is 82.3 Å². The summed E-state index contributed by atoms with van der Waals surface area (Å²) in [6, 6.07) is 18.1. The van der Waals surface area contributed by atoms with E-state index in [1.165, 1.54) is 23.6 Å². The number of ether oxygens (including phenoxy) is 2. The minimum Gasteiger partial charge on any atom is -0.458 e. The van der Waals surface area contributed by atoms with Gasteiger partial charge in [-0.3, -0.25) is 0 Å². The summed E-state index contributed by atoms with van der Waals surface area (Å²) in [7, 11) is 0. The minimum absolute atomic E-state index is 0.329. The molecule has 1 aromatic heterocycles. The molecule has 0 saturated heterocycles. The molecule has 1 aliphatic rings. The molecule has 0 spiro atoms. The van der Waals surface area contributed by atoms with Gasteiger partial charge in [0.1, 0.15) is 6.26 Å². The molecule has 132 valence electrons. The number of rotatable bonds is 6. The summed E-state index contributed by atoms with van der Waals surface area (Å²) in [4.78, 5) is 0. The third kappa shape index (κ3) is 4.11. The first kappa shape index (κ1) is 17.2. The van der Waals surface area contributed by atoms with E-state index in [1.54, 1.807) is 0 Å². The molecular formula is C19H15BrN2O3S. The SMILES string of the molecule is Brc1ccccc1CSc1nnc(C2=COC(Cc3ccccc3)O2)o1. The van der Waals surface area contributed by atoms with E-state index in [4.69, 9.17) is 13.9 Å². The zero-order chi connectivity index (χ0) is 17.8. The molecule has 0 saturated carbocycles. The molecule has 7 heteroatoms. The van der Waals surface area contributed by atoms with Crippen molar-refractivity contribution >= 4 is 33.5 Å². The molecule has 3 aromatic rings. The fourth-order valence-corrected chi connectivity index (χ4v) is 3.83. The third-order valence-corrected chi connectivity index (χ3v) is 5.40. The third-order valence-electron chi connectivity index (χ3n) is 3.76. The molecule has 0 bridgehead atoms. The Labute approximate surface area is 163 Å². The van der Waals surface area contributed by atoms with Crippen LogP contribution in [0.25, 0.3) is 5.76 Å². The molecule has 0 aliphatic carbocycles. The van der Waals surface area contributed by atoms with Crippen LogP contribution >= 0.6 is 27.7 Å². The maximum atomic E-state index is 5.77. The largest absolute Gasteiger partial charge is 0.458 e. The zero-order valence-electron chi connectivity index (χ0n) is 13.7. The van der Waals surface area contributed by atoms with Gasteiger partial charge in [-0.2, -0.15) is 0 Å². The Bertz CT molecular complexity index is 914. The van der Waals surface area contributed by atoms with E-state index in [-0.39, 0.29) is 6.29 Å². The lowest BCUT2D eigenvalue weighted by atomic mass is 10.1. The Morgan fingerprint density at radius 3 is 2.65 bits per heavy atom. The fraction of sp³-hybridized carbons (Fsp3) is 0.158. The average Bonchev–Trinajstić information content (AvgIpc) is 3.31. The molecule has 1 atom stereocenters. The number of nitrogens with zero attached hydrogens (tertiary/aromatic N) is 2. The van der Waals surface area contributed by atoms with E-state index >= 15 is 0 Å². The van der Waals surface area contributed by atoms with Gasteiger partial charge in [0.05, 0.1) is 0 Å². The Kier molecular flexibility index (Phi) is 5.26. The Morgan fingerprint density at radius 1 is 1.00 bits per heavy atom. The normalized spacial score (nSPS) is 16.0. The molecule has 1 aliphatic heterocycles. The number of hydrogen-bond donors (Lipinski definition) is 0. The molecule has 1 unspecified atom stereocenters. The molecule has 26 heavy (non-hydrogen) atoms. The molecule has 0 N–H and O–H groups in total. The predicted molar refractivity (Wildman–Crippen MR) is 102 cm³/mol. The molecule has 2 aromatic carbocycles. The molecule has 0 fully saturated rings. The van der Waals surface area contributed by atoms with Crippen LogP contribution in [-0.4, -0.2) is 16.5 Å². The second-order valence-corrected chi connectivity index (χ2v) is 7.39. The van der Waals surface area contributed by atoms with Crippen LogP contribution in [0.4, 0.5) is 0 Å². The molecule has 2 heterocycles. The summed E-state index contributed by atoms with van der Waals surface area (Å²) in [6.45, 7) is 0. The highest BCUT2D eigenvalue weighted by Crippen LogP contribution is 2.30. The minimum atomic E-state index is -0.379. The Morgan fingerprint density at radius 2 is 1.81 bits per heavy atom. The maximum absolute atomic E-state index is 5.77. The number of halogens is 1. The van der Waals surface area contributed by atoms with Crippen molar-refractivity contribution in [1.82, 2.24) is 10.2 Å². The molecule has 0 radical (unpaired) electrons. The lowest BCUT2D eigenvalue weighted by molar-refractivity contribution is -0.0148. The van der Waals surface area contributed by atoms with Crippen molar-refractivity contribution in [2.45, 2.75) is 23.7 Å². The van der Waals surface area contributed by atoms with Gasteiger partial charge in [-0.15, -0.1) is 10.2 Å². The standard InChI is InChI=1S/C19H15BrN2O3S/c20-15-9-5-4-8-14(15)12-26-19-22-21-18(25-19)16-11-23-17(24-16)10-13-6-2-1-3-7-13/h1-9,11,17H,10,12H2. The second-order valence-electron chi connectivity index (χ2n) is 5.61. The van der Waals surface area contributed by atoms with Crippen LogP contribution in [0.2, 0.25) is 0 Å². The van der Waals surface area contributed by atoms with E-state index in [1.807, 2.05) is 48.5 Å². The Hall–Kier alpha value is -2.25. The lowest BCUT2D eigenvalue weighted by Gasteiger charge is -2.10. The van der Waals surface area contributed by atoms with Gasteiger partial charge in [-0.05, 0) is 17.2 Å². The van der Waals surface area contributed by atoms with Crippen LogP contribution in [0, 0.1) is 0 Å². The van der Waals surface area contributed by atoms with Crippen molar-refractivity contribution in [2.75, 3.05) is 0 Å². The van der Waals surface area contributed by atoms with E-state index in [9.17, 15) is 0 Å². The summed E-state index contributed by atoms with van der Waals surface area (Å²) < 4.78 is 18.1. The quantitative estimate of drug-likeness (QED) is 0.510. The molecule has 0 amide bonds. The maximum Gasteiger partial charge on any atom is 0.287 e. The van der Waals surface area contributed by atoms with Crippen molar-refractivity contribution in [2.24, 2.45) is 0 Å². The van der Waals surface area contributed by atoms with Gasteiger partial charge >= 0.3 is 0 Å². The predicted octanol–water partition coefficient (Wildman–Crippen LogP) is 5.04. The molecular weight excluding hydrogens is 416 g/mol. The molecule has 5 nitrogen and oxygen atoms in total. The molecule has 4 rings (SSSR count). The van der Waals surface area contributed by atoms with Crippen LogP contribution < -0.4 is 0 Å². The number of benzene rings is 2. The smallest absolute Gasteiger partial charge is 0.287 e. The second kappa shape index (κ2) is 7.97. The number of hydrogen-bond acceptors (Lipinski definition) is 6. The van der Waals surface area contributed by atoms with Crippen molar-refractivity contribution < 1.29 is 13.9 Å². The van der Waals surface area contributed by atoms with Crippen LogP contribution in [0.3, 0.4) is 0 Å². The van der Waals surface area contributed by atoms with Gasteiger partial charge in [0.2, 0.25) is 12.0 Å². The first-order valence-corrected chi connectivity index (χ1v) is 9.82. The summed E-state index contributed by atoms with van der Waals surface area (Å²) in [5.74, 6) is 1.53. The summed E-state index contributed by atoms with van der Waals surface area (Å²) in [5, 5.41) is 8.61. The van der Waals surface area contributed by atoms with Gasteiger partial charge in [-0.1, -0.05) is 76.2 Å². The van der Waals surface area contributed by atoms with Gasteiger partial charge in [0, 0.05) is 16.6 Å². The highest BCUT2D eigenvalue weighted by atomic mass is 79.9. The van der Waals surface area contributed by atoms with E-state index < -0.39 is 0 Å². The monoisotopic (exact) mass is 430 g/mol. The highest BCUT2D eigenvalue weighted by molar-refractivity contribution is 9.10. The van der Waals surface area contributed by atoms with Crippen LogP contribution in [0.15, 0.2) is 75.0 Å². The van der Waals surface area contributed by atoms with Crippen LogP contribution in [-0.2, 0) is 21.6 Å². The Balaban J connectivity index is 1.34. The van der Waals surface area contributed by atoms with Gasteiger partial charge in [0.15, 0.2) is 0 Å². The zero-order valence-corrected chi connectivity index (χ0v) is 16.1. The average molecular weight is 431 g/mol. The van der Waals surface area contributed by atoms with E-state index in [0.717, 1.165) is 15.8 Å². The van der Waals surface area contributed by atoms with Gasteiger partial charge < -0.3 is 13.9 Å². The highest BCUT2D eigenvalue weighted by Gasteiger charge is 2.25. The van der Waals surface area contributed by atoms with Crippen molar-refractivity contribution in [3.8, 4) is 0 Å². The van der Waals surface area contributed by atoms with E-state index in [0.29, 0.717) is 23.3 Å². The van der Waals surface area contributed by atoms with Crippen molar-refractivity contribution in [3.63, 3.8) is 0 Å². The number of aromatic nitrogens is 2. The summed E-state index contributed by atoms with van der Waals surface area (Å²) in [6.07, 6.45) is 1.80. The number of thioether (sulfide) groups is 1. The first-order valence-electron chi connectivity index (χ1n) is 8.04. The van der Waals surface area contributed by atoms with Gasteiger partial charge in [-0.25, -0.2) is 0 Å². The van der Waals surface area contributed by atoms with Gasteiger partial charge in [0.25, 0.3) is 11.1 Å². The first-order chi connectivity index (χ1) is 12.8.